The van der Waals surface area contributed by atoms with Gasteiger partial charge in [-0.2, -0.15) is 0 Å². The van der Waals surface area contributed by atoms with Crippen molar-refractivity contribution in [3.05, 3.63) is 12.4 Å². The fourth-order valence-electron chi connectivity index (χ4n) is 2.14. The van der Waals surface area contributed by atoms with Gasteiger partial charge in [0.15, 0.2) is 0 Å². The van der Waals surface area contributed by atoms with E-state index in [1.54, 1.807) is 0 Å². The van der Waals surface area contributed by atoms with Gasteiger partial charge in [0.25, 0.3) is 0 Å². The molecule has 0 aromatic carbocycles. The van der Waals surface area contributed by atoms with Crippen molar-refractivity contribution in [3.63, 3.8) is 0 Å². The summed E-state index contributed by atoms with van der Waals surface area (Å²) in [5.74, 6) is 6.77. The number of likely N-dealkylation sites (tertiary alicyclic amines) is 1. The lowest BCUT2D eigenvalue weighted by atomic mass is 9.99. The molecule has 4 N–H and O–H groups in total. The average Bonchev–Trinajstić information content (AvgIpc) is 2.34. The van der Waals surface area contributed by atoms with Crippen molar-refractivity contribution in [2.24, 2.45) is 5.84 Å². The van der Waals surface area contributed by atoms with E-state index in [9.17, 15) is 0 Å². The number of anilines is 2. The van der Waals surface area contributed by atoms with Crippen LogP contribution in [0, 0.1) is 0 Å². The van der Waals surface area contributed by atoms with Gasteiger partial charge in [-0.1, -0.05) is 0 Å². The molecule has 6 nitrogen and oxygen atoms in total. The predicted molar refractivity (Wildman–Crippen MR) is 68.6 cm³/mol. The van der Waals surface area contributed by atoms with Gasteiger partial charge < -0.3 is 15.6 Å². The molecule has 1 aliphatic rings. The van der Waals surface area contributed by atoms with Gasteiger partial charge in [-0.15, -0.1) is 0 Å². The molecule has 0 radical (unpaired) electrons. The molecule has 94 valence electrons. The number of nitrogen functional groups attached to an aromatic ring is 1. The Morgan fingerprint density at radius 2 is 2.18 bits per heavy atom. The van der Waals surface area contributed by atoms with E-state index in [0.29, 0.717) is 17.9 Å². The molecule has 17 heavy (non-hydrogen) atoms. The summed E-state index contributed by atoms with van der Waals surface area (Å²) in [6.07, 6.45) is 3.78. The minimum Gasteiger partial charge on any atom is -0.367 e. The van der Waals surface area contributed by atoms with E-state index >= 15 is 0 Å². The molecule has 2 unspecified atom stereocenters. The zero-order chi connectivity index (χ0) is 12.3. The van der Waals surface area contributed by atoms with E-state index in [4.69, 9.17) is 5.84 Å². The zero-order valence-corrected chi connectivity index (χ0v) is 10.3. The molecule has 0 aliphatic carbocycles. The summed E-state index contributed by atoms with van der Waals surface area (Å²) in [4.78, 5) is 10.6. The van der Waals surface area contributed by atoms with E-state index < -0.39 is 0 Å². The maximum absolute atomic E-state index is 5.32. The highest BCUT2D eigenvalue weighted by Crippen LogP contribution is 2.19. The van der Waals surface area contributed by atoms with Crippen LogP contribution >= 0.6 is 0 Å². The third-order valence-electron chi connectivity index (χ3n) is 3.38. The van der Waals surface area contributed by atoms with Crippen LogP contribution in [0.3, 0.4) is 0 Å². The monoisotopic (exact) mass is 236 g/mol. The Labute approximate surface area is 102 Å². The van der Waals surface area contributed by atoms with E-state index in [2.05, 4.69) is 39.6 Å². The number of hydrazine groups is 1. The van der Waals surface area contributed by atoms with E-state index in [1.165, 1.54) is 6.33 Å². The third kappa shape index (κ3) is 3.04. The minimum absolute atomic E-state index is 0.474. The minimum atomic E-state index is 0.474. The van der Waals surface area contributed by atoms with E-state index in [1.807, 2.05) is 6.07 Å². The van der Waals surface area contributed by atoms with Gasteiger partial charge in [0.2, 0.25) is 0 Å². The quantitative estimate of drug-likeness (QED) is 0.528. The molecular formula is C11H20N6. The lowest BCUT2D eigenvalue weighted by molar-refractivity contribution is 0.190. The number of aromatic nitrogens is 2. The average molecular weight is 236 g/mol. The van der Waals surface area contributed by atoms with Crippen LogP contribution in [0.25, 0.3) is 0 Å². The first-order valence-electron chi connectivity index (χ1n) is 5.94. The van der Waals surface area contributed by atoms with Crippen LogP contribution in [0.2, 0.25) is 0 Å². The number of hydrogen-bond acceptors (Lipinski definition) is 6. The largest absolute Gasteiger partial charge is 0.367 e. The molecule has 6 heteroatoms. The highest BCUT2D eigenvalue weighted by atomic mass is 15.3. The first kappa shape index (κ1) is 12.1. The zero-order valence-electron chi connectivity index (χ0n) is 10.3. The highest BCUT2D eigenvalue weighted by molar-refractivity contribution is 5.46. The molecule has 1 fully saturated rings. The summed E-state index contributed by atoms with van der Waals surface area (Å²) >= 11 is 0. The van der Waals surface area contributed by atoms with Gasteiger partial charge in [0, 0.05) is 24.7 Å². The summed E-state index contributed by atoms with van der Waals surface area (Å²) in [6, 6.07) is 2.90. The molecule has 0 saturated carbocycles. The highest BCUT2D eigenvalue weighted by Gasteiger charge is 2.22. The maximum atomic E-state index is 5.32. The van der Waals surface area contributed by atoms with Crippen molar-refractivity contribution in [1.82, 2.24) is 14.9 Å². The number of piperidine rings is 1. The number of nitrogens with zero attached hydrogens (tertiary/aromatic N) is 3. The van der Waals surface area contributed by atoms with Gasteiger partial charge in [0.05, 0.1) is 0 Å². The van der Waals surface area contributed by atoms with Gasteiger partial charge in [-0.25, -0.2) is 15.8 Å². The van der Waals surface area contributed by atoms with Gasteiger partial charge in [-0.3, -0.25) is 0 Å². The molecular weight excluding hydrogens is 216 g/mol. The second-order valence-corrected chi connectivity index (χ2v) is 4.63. The first-order valence-corrected chi connectivity index (χ1v) is 5.94. The van der Waals surface area contributed by atoms with Crippen LogP contribution < -0.4 is 16.6 Å². The predicted octanol–water partition coefficient (Wildman–Crippen LogP) is 0.657. The summed E-state index contributed by atoms with van der Waals surface area (Å²) in [6.45, 7) is 3.37. The number of hydrogen-bond donors (Lipinski definition) is 3. The van der Waals surface area contributed by atoms with Gasteiger partial charge in [-0.05, 0) is 26.8 Å². The Morgan fingerprint density at radius 1 is 1.41 bits per heavy atom. The molecule has 1 saturated heterocycles. The molecule has 0 amide bonds. The fraction of sp³-hybridized carbons (Fsp3) is 0.636. The van der Waals surface area contributed by atoms with Crippen molar-refractivity contribution < 1.29 is 0 Å². The Hall–Kier alpha value is -1.40. The van der Waals surface area contributed by atoms with Crippen molar-refractivity contribution in [1.29, 1.82) is 0 Å². The standard InChI is InChI=1S/C11H20N6/c1-8-5-9(3-4-17(8)2)15-10-6-11(16-12)14-7-13-10/h6-9H,3-5,12H2,1-2H3,(H2,13,14,15,16). The van der Waals surface area contributed by atoms with Crippen molar-refractivity contribution >= 4 is 11.6 Å². The van der Waals surface area contributed by atoms with Crippen LogP contribution in [-0.2, 0) is 0 Å². The SMILES string of the molecule is CC1CC(Nc2cc(NN)ncn2)CCN1C. The molecule has 2 rings (SSSR count). The van der Waals surface area contributed by atoms with Gasteiger partial charge >= 0.3 is 0 Å². The Balaban J connectivity index is 1.96. The topological polar surface area (TPSA) is 79.1 Å². The van der Waals surface area contributed by atoms with Crippen molar-refractivity contribution in [3.8, 4) is 0 Å². The van der Waals surface area contributed by atoms with Crippen molar-refractivity contribution in [2.45, 2.75) is 31.8 Å². The number of nitrogens with two attached hydrogens (primary N) is 1. The van der Waals surface area contributed by atoms with Crippen LogP contribution in [0.1, 0.15) is 19.8 Å². The van der Waals surface area contributed by atoms with Gasteiger partial charge in [0.1, 0.15) is 18.0 Å². The first-order chi connectivity index (χ1) is 8.19. The molecule has 1 aromatic heterocycles. The summed E-state index contributed by atoms with van der Waals surface area (Å²) in [5, 5.41) is 3.43. The van der Waals surface area contributed by atoms with Crippen LogP contribution in [0.15, 0.2) is 12.4 Å². The Kier molecular flexibility index (Phi) is 3.75. The Morgan fingerprint density at radius 3 is 2.88 bits per heavy atom. The number of nitrogens with one attached hydrogen (secondary N) is 2. The third-order valence-corrected chi connectivity index (χ3v) is 3.38. The summed E-state index contributed by atoms with van der Waals surface area (Å²) in [7, 11) is 2.17. The lowest BCUT2D eigenvalue weighted by Gasteiger charge is -2.35. The second kappa shape index (κ2) is 5.29. The molecule has 2 heterocycles. The fourth-order valence-corrected chi connectivity index (χ4v) is 2.14. The lowest BCUT2D eigenvalue weighted by Crippen LogP contribution is -2.42. The molecule has 0 spiro atoms. The second-order valence-electron chi connectivity index (χ2n) is 4.63. The normalized spacial score (nSPS) is 25.6. The van der Waals surface area contributed by atoms with Crippen LogP contribution in [-0.4, -0.2) is 40.5 Å². The summed E-state index contributed by atoms with van der Waals surface area (Å²) in [5.41, 5.74) is 2.52. The molecule has 0 bridgehead atoms. The maximum Gasteiger partial charge on any atom is 0.145 e. The van der Waals surface area contributed by atoms with E-state index in [-0.39, 0.29) is 0 Å². The number of rotatable bonds is 3. The van der Waals surface area contributed by atoms with Crippen molar-refractivity contribution in [2.75, 3.05) is 24.3 Å². The molecule has 2 atom stereocenters. The summed E-state index contributed by atoms with van der Waals surface area (Å²) < 4.78 is 0. The molecule has 1 aromatic rings. The van der Waals surface area contributed by atoms with E-state index in [0.717, 1.165) is 25.2 Å². The molecule has 1 aliphatic heterocycles. The smallest absolute Gasteiger partial charge is 0.145 e. The van der Waals surface area contributed by atoms with Crippen LogP contribution in [0.4, 0.5) is 11.6 Å². The Bertz CT molecular complexity index is 369. The van der Waals surface area contributed by atoms with Crippen LogP contribution in [0.5, 0.6) is 0 Å².